The van der Waals surface area contributed by atoms with Crippen molar-refractivity contribution in [3.63, 3.8) is 0 Å². The summed E-state index contributed by atoms with van der Waals surface area (Å²) in [7, 11) is 0. The van der Waals surface area contributed by atoms with Crippen LogP contribution in [0.25, 0.3) is 0 Å². The lowest BCUT2D eigenvalue weighted by Gasteiger charge is -2.09. The van der Waals surface area contributed by atoms with Crippen LogP contribution in [0.3, 0.4) is 0 Å². The van der Waals surface area contributed by atoms with Crippen LogP contribution in [0.1, 0.15) is 0 Å². The molecule has 0 spiro atoms. The summed E-state index contributed by atoms with van der Waals surface area (Å²) in [6, 6.07) is 0. The third-order valence-electron chi connectivity index (χ3n) is 5.81. The molecule has 48 heavy (non-hydrogen) atoms. The Balaban J connectivity index is 1.11. The van der Waals surface area contributed by atoms with E-state index in [1.165, 1.54) is 50.8 Å². The standard InChI is InChI=1S/C28H36O4S16/c1-33-17-18(34-2)42-25(41-17)27-45-21-22(46-27)38-14-10-30-6-8-32-12-16-40-24-23(39-15-11-31-7-5-29-9-13-37-21)47-28(48-24)26-43-19(35-3)20(36-4)44-26/h5-16H2,1-4H3. The molecule has 0 radical (unpaired) electrons. The van der Waals surface area contributed by atoms with Gasteiger partial charge in [-0.25, -0.2) is 0 Å². The third-order valence-corrected chi connectivity index (χ3v) is 28.2. The highest BCUT2D eigenvalue weighted by Gasteiger charge is 2.31. The van der Waals surface area contributed by atoms with Crippen LogP contribution in [0.5, 0.6) is 0 Å². The monoisotopic (exact) mass is 948 g/mol. The van der Waals surface area contributed by atoms with E-state index in [9.17, 15) is 0 Å². The Morgan fingerprint density at radius 1 is 0.312 bits per heavy atom. The van der Waals surface area contributed by atoms with E-state index >= 15 is 0 Å². The third kappa shape index (κ3) is 13.5. The van der Waals surface area contributed by atoms with Gasteiger partial charge in [-0.15, -0.1) is 94.1 Å². The van der Waals surface area contributed by atoms with E-state index in [-0.39, 0.29) is 0 Å². The molecule has 5 rings (SSSR count). The number of hydrogen-bond donors (Lipinski definition) is 0. The predicted molar refractivity (Wildman–Crippen MR) is 250 cm³/mol. The Labute approximate surface area is 354 Å². The van der Waals surface area contributed by atoms with E-state index in [1.54, 1.807) is 0 Å². The molecule has 0 aliphatic carbocycles. The zero-order valence-electron chi connectivity index (χ0n) is 26.7. The summed E-state index contributed by atoms with van der Waals surface area (Å²) in [5.74, 6) is 3.75. The highest BCUT2D eigenvalue weighted by Crippen LogP contribution is 2.67. The quantitative estimate of drug-likeness (QED) is 0.268. The number of ether oxygens (including phenoxy) is 4. The maximum atomic E-state index is 5.98. The first-order valence-electron chi connectivity index (χ1n) is 14.5. The van der Waals surface area contributed by atoms with Gasteiger partial charge in [0.15, 0.2) is 0 Å². The summed E-state index contributed by atoms with van der Waals surface area (Å²) in [5, 5.41) is 0. The first-order chi connectivity index (χ1) is 23.6. The van der Waals surface area contributed by atoms with Gasteiger partial charge in [-0.2, -0.15) is 0 Å². The Morgan fingerprint density at radius 2 is 0.542 bits per heavy atom. The predicted octanol–water partition coefficient (Wildman–Crippen LogP) is 13.1. The first kappa shape index (κ1) is 43.0. The maximum absolute atomic E-state index is 5.98. The normalized spacial score (nSPS) is 24.2. The summed E-state index contributed by atoms with van der Waals surface area (Å²) in [6.45, 7) is 5.44. The van der Waals surface area contributed by atoms with Gasteiger partial charge in [0.2, 0.25) is 0 Å². The van der Waals surface area contributed by atoms with Crippen molar-refractivity contribution in [3.05, 3.63) is 50.8 Å². The Bertz CT molecular complexity index is 1120. The van der Waals surface area contributed by atoms with Gasteiger partial charge in [0, 0.05) is 23.0 Å². The van der Waals surface area contributed by atoms with Crippen LogP contribution >= 0.6 is 188 Å². The van der Waals surface area contributed by atoms with Gasteiger partial charge in [-0.1, -0.05) is 94.1 Å². The molecule has 5 aliphatic rings. The van der Waals surface area contributed by atoms with Gasteiger partial charge in [-0.05, 0) is 25.0 Å². The highest BCUT2D eigenvalue weighted by molar-refractivity contribution is 8.46. The van der Waals surface area contributed by atoms with E-state index in [1.807, 2.05) is 188 Å². The van der Waals surface area contributed by atoms with Crippen LogP contribution < -0.4 is 0 Å². The van der Waals surface area contributed by atoms with Gasteiger partial charge in [0.05, 0.1) is 104 Å². The van der Waals surface area contributed by atoms with Crippen molar-refractivity contribution in [2.24, 2.45) is 0 Å². The molecule has 0 fully saturated rings. The van der Waals surface area contributed by atoms with Gasteiger partial charge in [-0.3, -0.25) is 0 Å². The van der Waals surface area contributed by atoms with Crippen molar-refractivity contribution in [2.45, 2.75) is 0 Å². The smallest absolute Gasteiger partial charge is 0.0717 e. The Morgan fingerprint density at radius 3 is 0.771 bits per heavy atom. The molecular formula is C28H36O4S16. The van der Waals surface area contributed by atoms with Crippen molar-refractivity contribution in [1.29, 1.82) is 0 Å². The topological polar surface area (TPSA) is 36.9 Å². The molecule has 4 nitrogen and oxygen atoms in total. The Hall–Kier alpha value is 3.88. The fraction of sp³-hybridized carbons (Fsp3) is 0.571. The lowest BCUT2D eigenvalue weighted by Crippen LogP contribution is -2.08. The molecular weight excluding hydrogens is 913 g/mol. The van der Waals surface area contributed by atoms with Crippen molar-refractivity contribution >= 4 is 188 Å². The zero-order chi connectivity index (χ0) is 33.6. The molecule has 0 aromatic heterocycles. The van der Waals surface area contributed by atoms with Gasteiger partial charge < -0.3 is 18.9 Å². The summed E-state index contributed by atoms with van der Waals surface area (Å²) < 4.78 is 40.9. The minimum atomic E-state index is 0.635. The van der Waals surface area contributed by atoms with E-state index < -0.39 is 0 Å². The molecule has 0 N–H and O–H groups in total. The molecule has 0 saturated heterocycles. The second-order valence-electron chi connectivity index (χ2n) is 8.93. The average molecular weight is 950 g/mol. The van der Waals surface area contributed by atoms with Gasteiger partial charge >= 0.3 is 0 Å². The average Bonchev–Trinajstić information content (AvgIpc) is 3.90. The molecule has 0 atom stereocenters. The Kier molecular flexibility index (Phi) is 22.0. The lowest BCUT2D eigenvalue weighted by atomic mass is 10.7. The van der Waals surface area contributed by atoms with E-state index in [2.05, 4.69) is 25.0 Å². The SMILES string of the molecule is CSC1=C(SC)SC(=C2SC3=C(SCCOCCOCCSC4=C(SCCOCCOCCS3)SC(=C3SC(SC)=C(SC)S3)S4)S2)S1. The lowest BCUT2D eigenvalue weighted by molar-refractivity contribution is 0.0605. The summed E-state index contributed by atoms with van der Waals surface area (Å²) in [6.07, 6.45) is 8.71. The van der Waals surface area contributed by atoms with Crippen LogP contribution in [0.15, 0.2) is 50.8 Å². The second kappa shape index (κ2) is 24.5. The molecule has 0 saturated carbocycles. The van der Waals surface area contributed by atoms with Crippen molar-refractivity contribution in [2.75, 3.05) is 101 Å². The van der Waals surface area contributed by atoms with Crippen molar-refractivity contribution in [1.82, 2.24) is 0 Å². The van der Waals surface area contributed by atoms with Gasteiger partial charge in [0.25, 0.3) is 0 Å². The number of rotatable bonds is 4. The second-order valence-corrected chi connectivity index (χ2v) is 27.9. The maximum Gasteiger partial charge on any atom is 0.0717 e. The largest absolute Gasteiger partial charge is 0.378 e. The molecule has 0 unspecified atom stereocenters. The minimum absolute atomic E-state index is 0.635. The number of thioether (sulfide) groups is 16. The van der Waals surface area contributed by atoms with Crippen molar-refractivity contribution in [3.8, 4) is 0 Å². The molecule has 0 amide bonds. The van der Waals surface area contributed by atoms with E-state index in [4.69, 9.17) is 18.9 Å². The zero-order valence-corrected chi connectivity index (χ0v) is 39.7. The summed E-state index contributed by atoms with van der Waals surface area (Å²) in [4.78, 5) is 0. The van der Waals surface area contributed by atoms with Crippen LogP contribution in [0.2, 0.25) is 0 Å². The molecule has 0 aromatic rings. The molecule has 0 bridgehead atoms. The van der Waals surface area contributed by atoms with Crippen LogP contribution in [0, 0.1) is 0 Å². The highest BCUT2D eigenvalue weighted by atomic mass is 32.3. The van der Waals surface area contributed by atoms with Gasteiger partial charge in [0.1, 0.15) is 0 Å². The molecule has 5 aliphatic heterocycles. The first-order valence-corrected chi connectivity index (χ1v) is 29.9. The van der Waals surface area contributed by atoms with Crippen molar-refractivity contribution < 1.29 is 18.9 Å². The van der Waals surface area contributed by atoms with E-state index in [0.717, 1.165) is 49.4 Å². The molecule has 0 aromatic carbocycles. The fourth-order valence-corrected chi connectivity index (χ4v) is 25.7. The van der Waals surface area contributed by atoms with Crippen LogP contribution in [0.4, 0.5) is 0 Å². The van der Waals surface area contributed by atoms with Crippen LogP contribution in [-0.2, 0) is 18.9 Å². The summed E-state index contributed by atoms with van der Waals surface area (Å²) in [5.41, 5.74) is 0. The molecule has 20 heteroatoms. The molecule has 268 valence electrons. The molecule has 5 heterocycles. The summed E-state index contributed by atoms with van der Waals surface area (Å²) >= 11 is 30.6. The van der Waals surface area contributed by atoms with Crippen LogP contribution in [-0.4, -0.2) is 101 Å². The number of hydrogen-bond acceptors (Lipinski definition) is 20. The fourth-order valence-electron chi connectivity index (χ4n) is 3.69. The minimum Gasteiger partial charge on any atom is -0.378 e. The van der Waals surface area contributed by atoms with E-state index in [0.29, 0.717) is 26.4 Å².